The number of hydrogen-bond acceptors (Lipinski definition) is 4. The first-order valence-corrected chi connectivity index (χ1v) is 9.85. The molecule has 3 amide bonds. The van der Waals surface area contributed by atoms with Gasteiger partial charge in [0, 0.05) is 18.8 Å². The fraction of sp³-hybridized carbons (Fsp3) is 0.250. The van der Waals surface area contributed by atoms with Gasteiger partial charge >= 0.3 is 0 Å². The highest BCUT2D eigenvalue weighted by Gasteiger charge is 2.10. The van der Waals surface area contributed by atoms with Crippen LogP contribution in [0.15, 0.2) is 48.5 Å². The van der Waals surface area contributed by atoms with Gasteiger partial charge in [-0.25, -0.2) is 4.39 Å². The lowest BCUT2D eigenvalue weighted by Gasteiger charge is -2.08. The Labute approximate surface area is 167 Å². The zero-order chi connectivity index (χ0) is 20.4. The fourth-order valence-electron chi connectivity index (χ4n) is 2.24. The van der Waals surface area contributed by atoms with Crippen LogP contribution in [0.3, 0.4) is 0 Å². The van der Waals surface area contributed by atoms with Gasteiger partial charge in [-0.3, -0.25) is 14.4 Å². The molecule has 2 rings (SSSR count). The Morgan fingerprint density at radius 1 is 0.893 bits per heavy atom. The number of carbonyl (C=O) groups excluding carboxylic acids is 3. The molecule has 0 saturated heterocycles. The van der Waals surface area contributed by atoms with E-state index in [0.717, 1.165) is 5.56 Å². The third kappa shape index (κ3) is 7.40. The van der Waals surface area contributed by atoms with E-state index in [1.807, 2.05) is 31.2 Å². The average Bonchev–Trinajstić information content (AvgIpc) is 2.67. The largest absolute Gasteiger partial charge is 0.354 e. The summed E-state index contributed by atoms with van der Waals surface area (Å²) in [7, 11) is 0. The molecule has 3 N–H and O–H groups in total. The topological polar surface area (TPSA) is 87.3 Å². The SMILES string of the molecule is Cc1ccc(NC(=O)CSCC(=O)NCCNC(=O)c2ccccc2F)cc1. The van der Waals surface area contributed by atoms with Gasteiger partial charge in [0.05, 0.1) is 17.1 Å². The number of amides is 3. The molecule has 148 valence electrons. The van der Waals surface area contributed by atoms with Gasteiger partial charge in [-0.2, -0.15) is 0 Å². The summed E-state index contributed by atoms with van der Waals surface area (Å²) in [6.45, 7) is 2.36. The summed E-state index contributed by atoms with van der Waals surface area (Å²) in [6.07, 6.45) is 0. The Bertz CT molecular complexity index is 828. The molecule has 0 aromatic heterocycles. The summed E-state index contributed by atoms with van der Waals surface area (Å²) in [5.41, 5.74) is 1.78. The van der Waals surface area contributed by atoms with Crippen molar-refractivity contribution >= 4 is 35.2 Å². The van der Waals surface area contributed by atoms with Crippen molar-refractivity contribution in [2.75, 3.05) is 29.9 Å². The molecule has 0 fully saturated rings. The zero-order valence-corrected chi connectivity index (χ0v) is 16.3. The van der Waals surface area contributed by atoms with Gasteiger partial charge in [-0.1, -0.05) is 29.8 Å². The quantitative estimate of drug-likeness (QED) is 0.561. The summed E-state index contributed by atoms with van der Waals surface area (Å²) >= 11 is 1.19. The van der Waals surface area contributed by atoms with Crippen molar-refractivity contribution in [3.63, 3.8) is 0 Å². The lowest BCUT2D eigenvalue weighted by atomic mass is 10.2. The van der Waals surface area contributed by atoms with Crippen molar-refractivity contribution < 1.29 is 18.8 Å². The van der Waals surface area contributed by atoms with E-state index in [-0.39, 0.29) is 42.0 Å². The standard InChI is InChI=1S/C20H22FN3O3S/c1-14-6-8-15(9-7-14)24-19(26)13-28-12-18(25)22-10-11-23-20(27)16-4-2-3-5-17(16)21/h2-9H,10-13H2,1H3,(H,22,25)(H,23,27)(H,24,26). The number of benzene rings is 2. The van der Waals surface area contributed by atoms with Gasteiger partial charge < -0.3 is 16.0 Å². The molecule has 0 bridgehead atoms. The van der Waals surface area contributed by atoms with Crippen molar-refractivity contribution in [3.8, 4) is 0 Å². The second-order valence-electron chi connectivity index (χ2n) is 5.99. The molecule has 0 saturated carbocycles. The van der Waals surface area contributed by atoms with Gasteiger partial charge in [-0.05, 0) is 31.2 Å². The number of thioether (sulfide) groups is 1. The maximum atomic E-state index is 13.5. The highest BCUT2D eigenvalue weighted by molar-refractivity contribution is 8.00. The van der Waals surface area contributed by atoms with Crippen molar-refractivity contribution in [2.24, 2.45) is 0 Å². The molecule has 0 aliphatic rings. The maximum absolute atomic E-state index is 13.5. The van der Waals surface area contributed by atoms with E-state index in [2.05, 4.69) is 16.0 Å². The maximum Gasteiger partial charge on any atom is 0.254 e. The third-order valence-corrected chi connectivity index (χ3v) is 4.59. The van der Waals surface area contributed by atoms with Gasteiger partial charge in [0.15, 0.2) is 0 Å². The van der Waals surface area contributed by atoms with Crippen LogP contribution in [0.2, 0.25) is 0 Å². The first-order chi connectivity index (χ1) is 13.5. The number of anilines is 1. The van der Waals surface area contributed by atoms with E-state index in [1.165, 1.54) is 30.0 Å². The third-order valence-electron chi connectivity index (χ3n) is 3.65. The van der Waals surface area contributed by atoms with Crippen LogP contribution in [0, 0.1) is 12.7 Å². The van der Waals surface area contributed by atoms with Crippen LogP contribution in [0.1, 0.15) is 15.9 Å². The predicted molar refractivity (Wildman–Crippen MR) is 109 cm³/mol. The average molecular weight is 403 g/mol. The second-order valence-corrected chi connectivity index (χ2v) is 6.98. The van der Waals surface area contributed by atoms with Gasteiger partial charge in [-0.15, -0.1) is 11.8 Å². The Morgan fingerprint density at radius 2 is 1.54 bits per heavy atom. The van der Waals surface area contributed by atoms with E-state index in [0.29, 0.717) is 5.69 Å². The molecule has 6 nitrogen and oxygen atoms in total. The van der Waals surface area contributed by atoms with Crippen molar-refractivity contribution in [2.45, 2.75) is 6.92 Å². The highest BCUT2D eigenvalue weighted by Crippen LogP contribution is 2.09. The molecule has 0 aliphatic carbocycles. The molecular weight excluding hydrogens is 381 g/mol. The fourth-order valence-corrected chi connectivity index (χ4v) is 2.89. The molecule has 0 aliphatic heterocycles. The van der Waals surface area contributed by atoms with Crippen LogP contribution in [0.4, 0.5) is 10.1 Å². The Morgan fingerprint density at radius 3 is 2.25 bits per heavy atom. The van der Waals surface area contributed by atoms with Crippen molar-refractivity contribution in [1.29, 1.82) is 0 Å². The van der Waals surface area contributed by atoms with Gasteiger partial charge in [0.1, 0.15) is 5.82 Å². The van der Waals surface area contributed by atoms with Crippen LogP contribution in [-0.4, -0.2) is 42.3 Å². The van der Waals surface area contributed by atoms with Crippen LogP contribution < -0.4 is 16.0 Å². The van der Waals surface area contributed by atoms with Crippen LogP contribution in [0.25, 0.3) is 0 Å². The monoisotopic (exact) mass is 403 g/mol. The number of carbonyl (C=O) groups is 3. The molecule has 8 heteroatoms. The summed E-state index contributed by atoms with van der Waals surface area (Å²) < 4.78 is 13.5. The van der Waals surface area contributed by atoms with E-state index in [4.69, 9.17) is 0 Å². The van der Waals surface area contributed by atoms with Crippen LogP contribution >= 0.6 is 11.8 Å². The van der Waals surface area contributed by atoms with E-state index in [9.17, 15) is 18.8 Å². The minimum absolute atomic E-state index is 0.0380. The number of halogens is 1. The molecule has 28 heavy (non-hydrogen) atoms. The normalized spacial score (nSPS) is 10.2. The molecule has 0 heterocycles. The predicted octanol–water partition coefficient (Wildman–Crippen LogP) is 2.35. The van der Waals surface area contributed by atoms with Gasteiger partial charge in [0.2, 0.25) is 11.8 Å². The Hall–Kier alpha value is -2.87. The number of aryl methyl sites for hydroxylation is 1. The summed E-state index contributed by atoms with van der Waals surface area (Å²) in [5, 5.41) is 7.93. The molecule has 2 aromatic rings. The molecule has 0 unspecified atom stereocenters. The summed E-state index contributed by atoms with van der Waals surface area (Å²) in [6, 6.07) is 13.1. The van der Waals surface area contributed by atoms with Crippen LogP contribution in [-0.2, 0) is 9.59 Å². The zero-order valence-electron chi connectivity index (χ0n) is 15.5. The van der Waals surface area contributed by atoms with E-state index in [1.54, 1.807) is 6.07 Å². The summed E-state index contributed by atoms with van der Waals surface area (Å²) in [4.78, 5) is 35.4. The van der Waals surface area contributed by atoms with Gasteiger partial charge in [0.25, 0.3) is 5.91 Å². The van der Waals surface area contributed by atoms with Crippen molar-refractivity contribution in [1.82, 2.24) is 10.6 Å². The number of hydrogen-bond donors (Lipinski definition) is 3. The lowest BCUT2D eigenvalue weighted by Crippen LogP contribution is -2.35. The number of rotatable bonds is 9. The Kier molecular flexibility index (Phi) is 8.48. The first-order valence-electron chi connectivity index (χ1n) is 8.69. The molecule has 2 aromatic carbocycles. The lowest BCUT2D eigenvalue weighted by molar-refractivity contribution is -0.118. The van der Waals surface area contributed by atoms with E-state index >= 15 is 0 Å². The molecular formula is C20H22FN3O3S. The minimum atomic E-state index is -0.593. The minimum Gasteiger partial charge on any atom is -0.354 e. The molecule has 0 spiro atoms. The van der Waals surface area contributed by atoms with Crippen molar-refractivity contribution in [3.05, 3.63) is 65.5 Å². The highest BCUT2D eigenvalue weighted by atomic mass is 32.2. The number of nitrogens with one attached hydrogen (secondary N) is 3. The molecule has 0 radical (unpaired) electrons. The summed E-state index contributed by atoms with van der Waals surface area (Å²) in [5.74, 6) is -1.26. The molecule has 0 atom stereocenters. The first kappa shape index (κ1) is 21.4. The van der Waals surface area contributed by atoms with E-state index < -0.39 is 11.7 Å². The Balaban J connectivity index is 1.57. The smallest absolute Gasteiger partial charge is 0.254 e. The second kappa shape index (κ2) is 11.1. The van der Waals surface area contributed by atoms with Crippen LogP contribution in [0.5, 0.6) is 0 Å².